The zero-order valence-electron chi connectivity index (χ0n) is 17.2. The van der Waals surface area contributed by atoms with Crippen LogP contribution in [0.2, 0.25) is 0 Å². The van der Waals surface area contributed by atoms with Crippen molar-refractivity contribution >= 4 is 12.0 Å². The van der Waals surface area contributed by atoms with Gasteiger partial charge in [0.15, 0.2) is 0 Å². The number of rotatable bonds is 3. The fourth-order valence-electron chi connectivity index (χ4n) is 3.17. The number of ether oxygens (including phenoxy) is 1. The highest BCUT2D eigenvalue weighted by Crippen LogP contribution is 2.29. The Morgan fingerprint density at radius 2 is 2.07 bits per heavy atom. The molecule has 10 nitrogen and oxygen atoms in total. The first kappa shape index (κ1) is 19.6. The number of amides is 2. The smallest absolute Gasteiger partial charge is 0.408 e. The molecule has 0 fully saturated rings. The molecule has 3 heterocycles. The molecule has 0 aliphatic carbocycles. The third-order valence-electron chi connectivity index (χ3n) is 4.46. The summed E-state index contributed by atoms with van der Waals surface area (Å²) in [4.78, 5) is 34.9. The monoisotopic (exact) mass is 410 g/mol. The van der Waals surface area contributed by atoms with Gasteiger partial charge in [0.05, 0.1) is 23.5 Å². The minimum absolute atomic E-state index is 0.0270. The van der Waals surface area contributed by atoms with E-state index in [0.29, 0.717) is 17.8 Å². The molecule has 1 N–H and O–H groups in total. The van der Waals surface area contributed by atoms with Crippen LogP contribution in [0.15, 0.2) is 35.1 Å². The minimum Gasteiger partial charge on any atom is -0.444 e. The standard InChI is InChI=1S/C20H22N6O4/c1-20(2,3)29-19(28)21-9-15-23-17(24-30-15)16-14-10-25(4)18(27)12-7-5-6-8-13(12)26(14)11-22-16/h5-8,11H,9-10H2,1-4H3,(H,21,28). The second kappa shape index (κ2) is 7.29. The number of aromatic nitrogens is 4. The number of benzene rings is 1. The molecular formula is C20H22N6O4. The lowest BCUT2D eigenvalue weighted by molar-refractivity contribution is 0.0517. The Kier molecular flexibility index (Phi) is 4.76. The lowest BCUT2D eigenvalue weighted by atomic mass is 10.1. The molecule has 0 radical (unpaired) electrons. The summed E-state index contributed by atoms with van der Waals surface area (Å²) < 4.78 is 12.3. The van der Waals surface area contributed by atoms with Gasteiger partial charge in [0, 0.05) is 7.05 Å². The Morgan fingerprint density at radius 3 is 2.83 bits per heavy atom. The van der Waals surface area contributed by atoms with Crippen molar-refractivity contribution < 1.29 is 18.8 Å². The highest BCUT2D eigenvalue weighted by atomic mass is 16.6. The van der Waals surface area contributed by atoms with Crippen molar-refractivity contribution in [1.29, 1.82) is 0 Å². The molecule has 0 spiro atoms. The number of alkyl carbamates (subject to hydrolysis) is 1. The first-order valence-electron chi connectivity index (χ1n) is 9.44. The molecule has 0 saturated heterocycles. The van der Waals surface area contributed by atoms with E-state index >= 15 is 0 Å². The van der Waals surface area contributed by atoms with E-state index in [1.807, 2.05) is 22.8 Å². The van der Waals surface area contributed by atoms with Crippen molar-refractivity contribution in [3.8, 4) is 17.2 Å². The van der Waals surface area contributed by atoms with Crippen LogP contribution in [0.25, 0.3) is 17.2 Å². The van der Waals surface area contributed by atoms with Gasteiger partial charge in [-0.15, -0.1) is 0 Å². The molecule has 3 aromatic rings. The van der Waals surface area contributed by atoms with E-state index in [1.54, 1.807) is 45.1 Å². The van der Waals surface area contributed by atoms with Crippen molar-refractivity contribution in [2.45, 2.75) is 39.5 Å². The second-order valence-corrected chi connectivity index (χ2v) is 7.96. The Hall–Kier alpha value is -3.69. The fourth-order valence-corrected chi connectivity index (χ4v) is 3.17. The molecule has 30 heavy (non-hydrogen) atoms. The molecule has 0 atom stereocenters. The number of carbonyl (C=O) groups is 2. The summed E-state index contributed by atoms with van der Waals surface area (Å²) in [6, 6.07) is 7.36. The number of carbonyl (C=O) groups excluding carboxylic acids is 2. The topological polar surface area (TPSA) is 115 Å². The zero-order chi connectivity index (χ0) is 21.5. The third-order valence-corrected chi connectivity index (χ3v) is 4.46. The lowest BCUT2D eigenvalue weighted by Gasteiger charge is -2.19. The second-order valence-electron chi connectivity index (χ2n) is 7.96. The lowest BCUT2D eigenvalue weighted by Crippen LogP contribution is -2.32. The quantitative estimate of drug-likeness (QED) is 0.705. The van der Waals surface area contributed by atoms with E-state index in [0.717, 1.165) is 11.4 Å². The number of nitrogens with zero attached hydrogens (tertiary/aromatic N) is 5. The SMILES string of the molecule is CN1Cc2c(-c3noc(CNC(=O)OC(C)(C)C)n3)ncn2-c2ccccc2C1=O. The number of nitrogens with one attached hydrogen (secondary N) is 1. The molecule has 1 aliphatic rings. The van der Waals surface area contributed by atoms with Gasteiger partial charge in [-0.2, -0.15) is 4.98 Å². The van der Waals surface area contributed by atoms with Gasteiger partial charge in [-0.05, 0) is 32.9 Å². The van der Waals surface area contributed by atoms with Crippen molar-refractivity contribution in [2.24, 2.45) is 0 Å². The van der Waals surface area contributed by atoms with E-state index in [2.05, 4.69) is 20.4 Å². The van der Waals surface area contributed by atoms with Crippen LogP contribution in [0, 0.1) is 0 Å². The molecule has 0 saturated carbocycles. The van der Waals surface area contributed by atoms with E-state index in [-0.39, 0.29) is 24.2 Å². The average Bonchev–Trinajstić information content (AvgIpc) is 3.29. The summed E-state index contributed by atoms with van der Waals surface area (Å²) in [5.41, 5.74) is 2.02. The average molecular weight is 410 g/mol. The van der Waals surface area contributed by atoms with Crippen LogP contribution in [0.4, 0.5) is 4.79 Å². The van der Waals surface area contributed by atoms with Crippen molar-refractivity contribution in [3.05, 3.63) is 47.7 Å². The maximum Gasteiger partial charge on any atom is 0.408 e. The van der Waals surface area contributed by atoms with E-state index in [1.165, 1.54) is 0 Å². The predicted molar refractivity (Wildman–Crippen MR) is 106 cm³/mol. The molecule has 4 rings (SSSR count). The van der Waals surface area contributed by atoms with Gasteiger partial charge in [0.25, 0.3) is 5.91 Å². The Labute approximate surface area is 172 Å². The van der Waals surface area contributed by atoms with Crippen LogP contribution < -0.4 is 5.32 Å². The van der Waals surface area contributed by atoms with E-state index in [9.17, 15) is 9.59 Å². The van der Waals surface area contributed by atoms with Crippen molar-refractivity contribution in [2.75, 3.05) is 7.05 Å². The van der Waals surface area contributed by atoms with Crippen molar-refractivity contribution in [1.82, 2.24) is 29.9 Å². The molecule has 0 bridgehead atoms. The summed E-state index contributed by atoms with van der Waals surface area (Å²) in [6.45, 7) is 5.70. The minimum atomic E-state index is -0.599. The Morgan fingerprint density at radius 1 is 1.30 bits per heavy atom. The summed E-state index contributed by atoms with van der Waals surface area (Å²) in [7, 11) is 1.73. The molecule has 1 aromatic carbocycles. The molecule has 10 heteroatoms. The first-order chi connectivity index (χ1) is 14.2. The largest absolute Gasteiger partial charge is 0.444 e. The summed E-state index contributed by atoms with van der Waals surface area (Å²) in [6.07, 6.45) is 1.07. The van der Waals surface area contributed by atoms with Crippen LogP contribution in [-0.2, 0) is 17.8 Å². The number of hydrogen-bond acceptors (Lipinski definition) is 7. The molecule has 2 aromatic heterocycles. The van der Waals surface area contributed by atoms with Crippen LogP contribution in [-0.4, -0.2) is 49.2 Å². The van der Waals surface area contributed by atoms with E-state index in [4.69, 9.17) is 9.26 Å². The van der Waals surface area contributed by atoms with Crippen LogP contribution in [0.3, 0.4) is 0 Å². The maximum absolute atomic E-state index is 12.7. The van der Waals surface area contributed by atoms with Crippen molar-refractivity contribution in [3.63, 3.8) is 0 Å². The summed E-state index contributed by atoms with van der Waals surface area (Å²) in [5.74, 6) is 0.427. The summed E-state index contributed by atoms with van der Waals surface area (Å²) in [5, 5.41) is 6.57. The number of fused-ring (bicyclic) bond motifs is 3. The highest BCUT2D eigenvalue weighted by Gasteiger charge is 2.28. The molecule has 0 unspecified atom stereocenters. The zero-order valence-corrected chi connectivity index (χ0v) is 17.2. The normalized spacial score (nSPS) is 13.5. The number of para-hydroxylation sites is 1. The van der Waals surface area contributed by atoms with Gasteiger partial charge >= 0.3 is 6.09 Å². The van der Waals surface area contributed by atoms with Gasteiger partial charge in [0.1, 0.15) is 24.2 Å². The maximum atomic E-state index is 12.7. The van der Waals surface area contributed by atoms with Gasteiger partial charge in [0.2, 0.25) is 11.7 Å². The van der Waals surface area contributed by atoms with Gasteiger partial charge in [-0.25, -0.2) is 9.78 Å². The predicted octanol–water partition coefficient (Wildman–Crippen LogP) is 2.53. The van der Waals surface area contributed by atoms with Gasteiger partial charge in [-0.3, -0.25) is 9.36 Å². The molecule has 2 amide bonds. The Bertz CT molecular complexity index is 1110. The van der Waals surface area contributed by atoms with Gasteiger partial charge in [-0.1, -0.05) is 17.3 Å². The van der Waals surface area contributed by atoms with Crippen LogP contribution in [0.5, 0.6) is 0 Å². The van der Waals surface area contributed by atoms with Crippen LogP contribution >= 0.6 is 0 Å². The summed E-state index contributed by atoms with van der Waals surface area (Å²) >= 11 is 0. The van der Waals surface area contributed by atoms with Crippen LogP contribution in [0.1, 0.15) is 42.7 Å². The molecular weight excluding hydrogens is 388 g/mol. The number of imidazole rings is 1. The third kappa shape index (κ3) is 3.76. The first-order valence-corrected chi connectivity index (χ1v) is 9.44. The van der Waals surface area contributed by atoms with E-state index < -0.39 is 11.7 Å². The fraction of sp³-hybridized carbons (Fsp3) is 0.350. The molecule has 156 valence electrons. The highest BCUT2D eigenvalue weighted by molar-refractivity contribution is 5.98. The van der Waals surface area contributed by atoms with Gasteiger partial charge < -0.3 is 19.5 Å². The molecule has 1 aliphatic heterocycles. The number of hydrogen-bond donors (Lipinski definition) is 1. The Balaban J connectivity index is 1.59.